The molecule has 0 unspecified atom stereocenters. The summed E-state index contributed by atoms with van der Waals surface area (Å²) in [6, 6.07) is 4.67. The number of hydrogen-bond donors (Lipinski definition) is 0. The first-order valence-electron chi connectivity index (χ1n) is 12.1. The molecule has 2 aromatic heterocycles. The van der Waals surface area contributed by atoms with E-state index in [1.54, 1.807) is 42.3 Å². The average Bonchev–Trinajstić information content (AvgIpc) is 3.50. The van der Waals surface area contributed by atoms with Crippen LogP contribution in [0.15, 0.2) is 73.7 Å². The van der Waals surface area contributed by atoms with Crippen molar-refractivity contribution in [2.45, 2.75) is 62.4 Å². The SMILES string of the molecule is CC(C)(C)N(c1nccs1)S(=O)(=O)c1ccc(F)cc1F.CC(C)(C)n1ccsc1=NS(=O)(=O)c1ccc(F)cc1F. The Labute approximate surface area is 249 Å². The average molecular weight is 665 g/mol. The van der Waals surface area contributed by atoms with E-state index in [1.165, 1.54) is 6.20 Å². The first-order chi connectivity index (χ1) is 19.2. The topological polar surface area (TPSA) is 102 Å². The fraction of sp³-hybridized carbons (Fsp3) is 0.308. The monoisotopic (exact) mass is 664 g/mol. The second-order valence-electron chi connectivity index (χ2n) is 10.7. The molecule has 0 atom stereocenters. The van der Waals surface area contributed by atoms with E-state index in [4.69, 9.17) is 0 Å². The number of halogens is 4. The number of hydrogen-bond acceptors (Lipinski definition) is 7. The molecule has 4 aromatic rings. The Morgan fingerprint density at radius 1 is 0.810 bits per heavy atom. The highest BCUT2D eigenvalue weighted by molar-refractivity contribution is 7.93. The zero-order valence-electron chi connectivity index (χ0n) is 23.3. The molecule has 0 spiro atoms. The summed E-state index contributed by atoms with van der Waals surface area (Å²) in [4.78, 5) is 3.00. The van der Waals surface area contributed by atoms with E-state index < -0.39 is 58.6 Å². The van der Waals surface area contributed by atoms with Crippen LogP contribution in [0.4, 0.5) is 22.7 Å². The molecule has 42 heavy (non-hydrogen) atoms. The largest absolute Gasteiger partial charge is 0.318 e. The predicted molar refractivity (Wildman–Crippen MR) is 154 cm³/mol. The van der Waals surface area contributed by atoms with E-state index in [-0.39, 0.29) is 15.5 Å². The number of sulfonamides is 2. The Balaban J connectivity index is 0.000000230. The maximum atomic E-state index is 13.9. The van der Waals surface area contributed by atoms with Crippen molar-refractivity contribution >= 4 is 47.9 Å². The summed E-state index contributed by atoms with van der Waals surface area (Å²) >= 11 is 2.26. The van der Waals surface area contributed by atoms with Gasteiger partial charge in [-0.15, -0.1) is 27.1 Å². The summed E-state index contributed by atoms with van der Waals surface area (Å²) in [6.45, 7) is 10.7. The third-order valence-electron chi connectivity index (χ3n) is 5.30. The van der Waals surface area contributed by atoms with Gasteiger partial charge in [-0.1, -0.05) is 0 Å². The van der Waals surface area contributed by atoms with Crippen molar-refractivity contribution in [2.75, 3.05) is 4.31 Å². The molecule has 0 saturated carbocycles. The van der Waals surface area contributed by atoms with Gasteiger partial charge in [0.2, 0.25) is 4.80 Å². The summed E-state index contributed by atoms with van der Waals surface area (Å²) in [7, 11) is -8.43. The number of benzene rings is 2. The molecular formula is C26H28F4N4O4S4. The van der Waals surface area contributed by atoms with Crippen LogP contribution < -0.4 is 9.11 Å². The number of thiazole rings is 2. The number of rotatable bonds is 5. The highest BCUT2D eigenvalue weighted by Crippen LogP contribution is 2.33. The van der Waals surface area contributed by atoms with Crippen molar-refractivity contribution in [3.05, 3.63) is 87.6 Å². The van der Waals surface area contributed by atoms with Gasteiger partial charge < -0.3 is 4.57 Å². The molecule has 0 bridgehead atoms. The molecule has 0 aliphatic carbocycles. The second-order valence-corrected chi connectivity index (χ2v) is 15.8. The lowest BCUT2D eigenvalue weighted by Crippen LogP contribution is -2.46. The van der Waals surface area contributed by atoms with Crippen LogP contribution in [-0.2, 0) is 25.6 Å². The fourth-order valence-electron chi connectivity index (χ4n) is 3.53. The summed E-state index contributed by atoms with van der Waals surface area (Å²) in [5.74, 6) is -3.95. The zero-order chi connectivity index (χ0) is 31.7. The van der Waals surface area contributed by atoms with Crippen LogP contribution in [0.25, 0.3) is 0 Å². The fourth-order valence-corrected chi connectivity index (χ4v) is 8.56. The molecule has 0 aliphatic heterocycles. The van der Waals surface area contributed by atoms with Crippen molar-refractivity contribution in [3.8, 4) is 0 Å². The van der Waals surface area contributed by atoms with Crippen molar-refractivity contribution in [2.24, 2.45) is 4.40 Å². The van der Waals surface area contributed by atoms with Gasteiger partial charge in [-0.2, -0.15) is 8.42 Å². The van der Waals surface area contributed by atoms with Gasteiger partial charge in [0.05, 0.1) is 5.54 Å². The summed E-state index contributed by atoms with van der Waals surface area (Å²) < 4.78 is 110. The lowest BCUT2D eigenvalue weighted by molar-refractivity contribution is 0.388. The Bertz CT molecular complexity index is 1840. The number of nitrogens with zero attached hydrogens (tertiary/aromatic N) is 4. The van der Waals surface area contributed by atoms with Gasteiger partial charge in [0.1, 0.15) is 33.1 Å². The van der Waals surface area contributed by atoms with Crippen LogP contribution >= 0.6 is 22.7 Å². The van der Waals surface area contributed by atoms with E-state index >= 15 is 0 Å². The Morgan fingerprint density at radius 2 is 1.36 bits per heavy atom. The Kier molecular flexibility index (Phi) is 9.76. The van der Waals surface area contributed by atoms with E-state index in [9.17, 15) is 34.4 Å². The summed E-state index contributed by atoms with van der Waals surface area (Å²) in [6.07, 6.45) is 3.18. The summed E-state index contributed by atoms with van der Waals surface area (Å²) in [5.41, 5.74) is -1.22. The second kappa shape index (κ2) is 12.3. The minimum absolute atomic E-state index is 0.228. The Morgan fingerprint density at radius 3 is 1.81 bits per heavy atom. The van der Waals surface area contributed by atoms with Crippen LogP contribution in [0.3, 0.4) is 0 Å². The van der Waals surface area contributed by atoms with Gasteiger partial charge in [0.25, 0.3) is 20.0 Å². The molecule has 228 valence electrons. The quantitative estimate of drug-likeness (QED) is 0.234. The molecular weight excluding hydrogens is 637 g/mol. The number of anilines is 1. The van der Waals surface area contributed by atoms with Gasteiger partial charge in [0, 0.05) is 40.8 Å². The van der Waals surface area contributed by atoms with Crippen LogP contribution in [-0.4, -0.2) is 31.9 Å². The van der Waals surface area contributed by atoms with Crippen LogP contribution in [0.5, 0.6) is 0 Å². The maximum absolute atomic E-state index is 13.9. The molecule has 0 radical (unpaired) electrons. The van der Waals surface area contributed by atoms with Crippen molar-refractivity contribution < 1.29 is 34.4 Å². The molecule has 2 heterocycles. The molecule has 8 nitrogen and oxygen atoms in total. The van der Waals surface area contributed by atoms with Gasteiger partial charge in [-0.3, -0.25) is 0 Å². The molecule has 16 heteroatoms. The smallest absolute Gasteiger partial charge is 0.287 e. The summed E-state index contributed by atoms with van der Waals surface area (Å²) in [5, 5.41) is 3.55. The van der Waals surface area contributed by atoms with Gasteiger partial charge >= 0.3 is 0 Å². The van der Waals surface area contributed by atoms with Crippen LogP contribution in [0, 0.1) is 23.3 Å². The molecule has 2 aromatic carbocycles. The van der Waals surface area contributed by atoms with Gasteiger partial charge in [0.15, 0.2) is 5.13 Å². The van der Waals surface area contributed by atoms with Crippen molar-refractivity contribution in [1.29, 1.82) is 0 Å². The normalized spacial score (nSPS) is 13.0. The highest BCUT2D eigenvalue weighted by atomic mass is 32.2. The maximum Gasteiger partial charge on any atom is 0.287 e. The Hall–Kier alpha value is -3.08. The van der Waals surface area contributed by atoms with E-state index in [0.717, 1.165) is 51.2 Å². The van der Waals surface area contributed by atoms with Crippen molar-refractivity contribution in [3.63, 3.8) is 0 Å². The number of aromatic nitrogens is 2. The van der Waals surface area contributed by atoms with Crippen LogP contribution in [0.2, 0.25) is 0 Å². The van der Waals surface area contributed by atoms with E-state index in [0.29, 0.717) is 12.1 Å². The van der Waals surface area contributed by atoms with E-state index in [2.05, 4.69) is 9.38 Å². The van der Waals surface area contributed by atoms with Crippen LogP contribution in [0.1, 0.15) is 41.5 Å². The minimum Gasteiger partial charge on any atom is -0.318 e. The molecule has 0 N–H and O–H groups in total. The molecule has 0 saturated heterocycles. The lowest BCUT2D eigenvalue weighted by Gasteiger charge is -2.34. The van der Waals surface area contributed by atoms with Crippen molar-refractivity contribution in [1.82, 2.24) is 9.55 Å². The first-order valence-corrected chi connectivity index (χ1v) is 16.7. The van der Waals surface area contributed by atoms with Gasteiger partial charge in [-0.25, -0.2) is 35.3 Å². The van der Waals surface area contributed by atoms with E-state index in [1.807, 2.05) is 20.8 Å². The van der Waals surface area contributed by atoms with Gasteiger partial charge in [-0.05, 0) is 65.8 Å². The molecule has 0 fully saturated rings. The first kappa shape index (κ1) is 33.4. The predicted octanol–water partition coefficient (Wildman–Crippen LogP) is 6.29. The third-order valence-corrected chi connectivity index (χ3v) is 10.4. The standard InChI is InChI=1S/2C13H14F2N2O2S2/c1-13(2,3)17-6-7-20-12(17)16-21(18,19)11-5-4-9(14)8-10(11)15;1-13(2,3)17(12-16-6-7-20-12)21(18,19)11-5-4-9(14)8-10(11)15/h2*4-8H,1-3H3. The highest BCUT2D eigenvalue weighted by Gasteiger charge is 2.37. The minimum atomic E-state index is -4.24. The zero-order valence-corrected chi connectivity index (χ0v) is 26.6. The molecule has 0 aliphatic rings. The molecule has 0 amide bonds. The third kappa shape index (κ3) is 7.65. The lowest BCUT2D eigenvalue weighted by atomic mass is 10.1. The molecule has 4 rings (SSSR count).